The average Bonchev–Trinajstić information content (AvgIpc) is 2.42. The lowest BCUT2D eigenvalue weighted by atomic mass is 10.1. The highest BCUT2D eigenvalue weighted by molar-refractivity contribution is 5.79. The van der Waals surface area contributed by atoms with E-state index in [1.165, 1.54) is 0 Å². The maximum atomic E-state index is 11.2. The van der Waals surface area contributed by atoms with E-state index in [9.17, 15) is 4.79 Å². The first-order valence-electron chi connectivity index (χ1n) is 6.69. The molecule has 0 aliphatic heterocycles. The van der Waals surface area contributed by atoms with Crippen molar-refractivity contribution in [3.8, 4) is 11.5 Å². The first kappa shape index (κ1) is 15.8. The van der Waals surface area contributed by atoms with E-state index in [4.69, 9.17) is 16.0 Å². The van der Waals surface area contributed by atoms with Gasteiger partial charge in [-0.2, -0.15) is 0 Å². The number of rotatable bonds is 8. The Kier molecular flexibility index (Phi) is 6.97. The lowest BCUT2D eigenvalue weighted by Crippen LogP contribution is -2.27. The summed E-state index contributed by atoms with van der Waals surface area (Å²) < 4.78 is 11.0. The number of nitrogens with one attached hydrogen (secondary N) is 1. The molecule has 5 heteroatoms. The minimum absolute atomic E-state index is 0.118. The van der Waals surface area contributed by atoms with Gasteiger partial charge in [0.25, 0.3) is 12.5 Å². The quantitative estimate of drug-likeness (QED) is 0.739. The second kappa shape index (κ2) is 8.81. The van der Waals surface area contributed by atoms with Gasteiger partial charge in [0, 0.05) is 6.54 Å². The Labute approximate surface area is 119 Å². The molecule has 0 atom stereocenters. The fourth-order valence-electron chi connectivity index (χ4n) is 1.72. The van der Waals surface area contributed by atoms with Crippen molar-refractivity contribution in [1.82, 2.24) is 5.32 Å². The molecular weight excluding hydrogens is 256 g/mol. The predicted octanol–water partition coefficient (Wildman–Crippen LogP) is 2.06. The van der Waals surface area contributed by atoms with Crippen molar-refractivity contribution >= 4 is 5.91 Å². The predicted molar refractivity (Wildman–Crippen MR) is 77.0 cm³/mol. The number of carbonyl (C=O) groups is 1. The molecule has 108 valence electrons. The first-order valence-corrected chi connectivity index (χ1v) is 6.69. The third-order valence-electron chi connectivity index (χ3n) is 2.57. The topological polar surface area (TPSA) is 51.9 Å². The maximum absolute atomic E-state index is 11.2. The van der Waals surface area contributed by atoms with Crippen LogP contribution in [-0.2, 0) is 11.2 Å². The van der Waals surface area contributed by atoms with Crippen molar-refractivity contribution in [3.05, 3.63) is 35.2 Å². The number of amides is 1. The molecule has 0 spiro atoms. The Morgan fingerprint density at radius 1 is 1.25 bits per heavy atom. The van der Waals surface area contributed by atoms with Gasteiger partial charge in [-0.05, 0) is 38.0 Å². The molecule has 0 aliphatic rings. The molecule has 1 amide bonds. The van der Waals surface area contributed by atoms with Crippen molar-refractivity contribution in [2.24, 2.45) is 0 Å². The summed E-state index contributed by atoms with van der Waals surface area (Å²) in [6.07, 6.45) is 0.691. The standard InChI is InChI=1S/C15H20N2O3/c1-4-19-13-7-6-12(10-14(13)20-5-2)8-9-17-15(18)11-16-3/h6-7,10H,4-5,8-9,11H2,1-2H3,(H,17,18). The van der Waals surface area contributed by atoms with Gasteiger partial charge in [-0.15, -0.1) is 0 Å². The molecule has 20 heavy (non-hydrogen) atoms. The third kappa shape index (κ3) is 5.19. The normalized spacial score (nSPS) is 9.65. The van der Waals surface area contributed by atoms with Crippen LogP contribution in [0.15, 0.2) is 18.2 Å². The van der Waals surface area contributed by atoms with Crippen molar-refractivity contribution in [1.29, 1.82) is 0 Å². The SMILES string of the molecule is [C-]#[N+]CC(=O)NCCc1ccc(OCC)c(OCC)c1. The van der Waals surface area contributed by atoms with E-state index in [-0.39, 0.29) is 12.5 Å². The van der Waals surface area contributed by atoms with Crippen molar-refractivity contribution < 1.29 is 14.3 Å². The molecule has 0 unspecified atom stereocenters. The van der Waals surface area contributed by atoms with Crippen LogP contribution in [0.25, 0.3) is 4.85 Å². The monoisotopic (exact) mass is 276 g/mol. The van der Waals surface area contributed by atoms with Crippen LogP contribution in [0.5, 0.6) is 11.5 Å². The molecule has 1 rings (SSSR count). The number of hydrogen-bond donors (Lipinski definition) is 1. The number of ether oxygens (including phenoxy) is 2. The summed E-state index contributed by atoms with van der Waals surface area (Å²) in [6.45, 7) is 12.0. The lowest BCUT2D eigenvalue weighted by Gasteiger charge is -2.12. The van der Waals surface area contributed by atoms with E-state index in [2.05, 4.69) is 10.2 Å². The van der Waals surface area contributed by atoms with Gasteiger partial charge < -0.3 is 19.6 Å². The van der Waals surface area contributed by atoms with E-state index < -0.39 is 0 Å². The summed E-state index contributed by atoms with van der Waals surface area (Å²) >= 11 is 0. The minimum atomic E-state index is -0.240. The molecular formula is C15H20N2O3. The van der Waals surface area contributed by atoms with Crippen LogP contribution in [0.3, 0.4) is 0 Å². The fraction of sp³-hybridized carbons (Fsp3) is 0.467. The molecule has 1 aromatic carbocycles. The van der Waals surface area contributed by atoms with Crippen LogP contribution < -0.4 is 14.8 Å². The molecule has 0 radical (unpaired) electrons. The summed E-state index contributed by atoms with van der Waals surface area (Å²) in [5.41, 5.74) is 1.06. The summed E-state index contributed by atoms with van der Waals surface area (Å²) in [7, 11) is 0. The van der Waals surface area contributed by atoms with Gasteiger partial charge in [0.05, 0.1) is 13.2 Å². The van der Waals surface area contributed by atoms with Gasteiger partial charge >= 0.3 is 0 Å². The van der Waals surface area contributed by atoms with Crippen molar-refractivity contribution in [2.75, 3.05) is 26.3 Å². The van der Waals surface area contributed by atoms with Crippen LogP contribution in [0.1, 0.15) is 19.4 Å². The Morgan fingerprint density at radius 3 is 2.60 bits per heavy atom. The van der Waals surface area contributed by atoms with Gasteiger partial charge in [0.2, 0.25) is 0 Å². The highest BCUT2D eigenvalue weighted by Gasteiger charge is 2.07. The van der Waals surface area contributed by atoms with Crippen LogP contribution in [0.4, 0.5) is 0 Å². The van der Waals surface area contributed by atoms with Crippen LogP contribution >= 0.6 is 0 Å². The van der Waals surface area contributed by atoms with Gasteiger partial charge in [0.15, 0.2) is 11.5 Å². The zero-order valence-corrected chi connectivity index (χ0v) is 11.9. The summed E-state index contributed by atoms with van der Waals surface area (Å²) in [5, 5.41) is 2.70. The molecule has 0 bridgehead atoms. The number of hydrogen-bond acceptors (Lipinski definition) is 3. The Balaban J connectivity index is 2.60. The largest absolute Gasteiger partial charge is 0.490 e. The minimum Gasteiger partial charge on any atom is -0.490 e. The molecule has 0 aromatic heterocycles. The maximum Gasteiger partial charge on any atom is 0.300 e. The average molecular weight is 276 g/mol. The third-order valence-corrected chi connectivity index (χ3v) is 2.57. The molecule has 5 nitrogen and oxygen atoms in total. The van der Waals surface area contributed by atoms with Crippen LogP contribution in [0.2, 0.25) is 0 Å². The smallest absolute Gasteiger partial charge is 0.300 e. The molecule has 0 aliphatic carbocycles. The lowest BCUT2D eigenvalue weighted by molar-refractivity contribution is -0.119. The molecule has 1 N–H and O–H groups in total. The van der Waals surface area contributed by atoms with E-state index in [0.29, 0.717) is 26.2 Å². The first-order chi connectivity index (χ1) is 9.71. The Bertz CT molecular complexity index is 480. The van der Waals surface area contributed by atoms with E-state index in [0.717, 1.165) is 17.1 Å². The fourth-order valence-corrected chi connectivity index (χ4v) is 1.72. The second-order valence-corrected chi connectivity index (χ2v) is 4.06. The van der Waals surface area contributed by atoms with Crippen LogP contribution in [-0.4, -0.2) is 32.2 Å². The van der Waals surface area contributed by atoms with Crippen molar-refractivity contribution in [2.45, 2.75) is 20.3 Å². The summed E-state index contributed by atoms with van der Waals surface area (Å²) in [4.78, 5) is 14.2. The molecule has 0 saturated heterocycles. The highest BCUT2D eigenvalue weighted by atomic mass is 16.5. The zero-order valence-electron chi connectivity index (χ0n) is 11.9. The highest BCUT2D eigenvalue weighted by Crippen LogP contribution is 2.28. The molecule has 0 fully saturated rings. The second-order valence-electron chi connectivity index (χ2n) is 4.06. The summed E-state index contributed by atoms with van der Waals surface area (Å²) in [5.74, 6) is 1.21. The number of carbonyl (C=O) groups excluding carboxylic acids is 1. The van der Waals surface area contributed by atoms with Gasteiger partial charge in [0.1, 0.15) is 0 Å². The zero-order chi connectivity index (χ0) is 14.8. The van der Waals surface area contributed by atoms with Gasteiger partial charge in [-0.25, -0.2) is 6.57 Å². The Morgan fingerprint density at radius 2 is 1.95 bits per heavy atom. The number of benzene rings is 1. The summed E-state index contributed by atoms with van der Waals surface area (Å²) in [6, 6.07) is 5.76. The number of nitrogens with zero attached hydrogens (tertiary/aromatic N) is 1. The molecule has 1 aromatic rings. The van der Waals surface area contributed by atoms with Gasteiger partial charge in [-0.1, -0.05) is 6.07 Å². The molecule has 0 saturated carbocycles. The molecule has 0 heterocycles. The van der Waals surface area contributed by atoms with Gasteiger partial charge in [-0.3, -0.25) is 4.79 Å². The van der Waals surface area contributed by atoms with E-state index >= 15 is 0 Å². The van der Waals surface area contributed by atoms with E-state index in [1.54, 1.807) is 0 Å². The van der Waals surface area contributed by atoms with E-state index in [1.807, 2.05) is 32.0 Å². The Hall–Kier alpha value is -2.22. The van der Waals surface area contributed by atoms with Crippen LogP contribution in [0, 0.1) is 6.57 Å². The van der Waals surface area contributed by atoms with Crippen molar-refractivity contribution in [3.63, 3.8) is 0 Å².